The minimum atomic E-state index is -1.32. The van der Waals surface area contributed by atoms with Crippen LogP contribution in [-0.4, -0.2) is 81.9 Å². The van der Waals surface area contributed by atoms with Crippen LogP contribution in [0.1, 0.15) is 0 Å². The smallest absolute Gasteiger partial charge is 0.232 e. The number of rotatable bonds is 6. The van der Waals surface area contributed by atoms with Gasteiger partial charge < -0.3 is 36.0 Å². The molecule has 0 amide bonds. The lowest BCUT2D eigenvalue weighted by Gasteiger charge is -2.30. The maximum atomic E-state index is 9.31. The molecule has 10 heteroatoms. The van der Waals surface area contributed by atoms with Gasteiger partial charge in [0.1, 0.15) is 5.54 Å². The third-order valence-corrected chi connectivity index (χ3v) is 3.22. The maximum absolute atomic E-state index is 9.31. The minimum Gasteiger partial charge on any atom is -0.394 e. The van der Waals surface area contributed by atoms with Gasteiger partial charge in [-0.05, 0) is 0 Å². The van der Waals surface area contributed by atoms with Crippen molar-refractivity contribution in [2.45, 2.75) is 5.54 Å². The van der Waals surface area contributed by atoms with Crippen LogP contribution in [0.25, 0.3) is 0 Å². The van der Waals surface area contributed by atoms with E-state index in [0.717, 1.165) is 0 Å². The molecule has 0 aliphatic carbocycles. The molecule has 6 N–H and O–H groups in total. The Balaban J connectivity index is 2.21. The van der Waals surface area contributed by atoms with Crippen LogP contribution >= 0.6 is 0 Å². The van der Waals surface area contributed by atoms with E-state index >= 15 is 0 Å². The average Bonchev–Trinajstić information content (AvgIpc) is 2.53. The first kappa shape index (κ1) is 15.6. The zero-order chi connectivity index (χ0) is 15.3. The monoisotopic (exact) mass is 300 g/mol. The van der Waals surface area contributed by atoms with E-state index in [4.69, 9.17) is 10.5 Å². The number of nitrogens with two attached hydrogens (primary N) is 1. The Hall–Kier alpha value is -1.75. The fourth-order valence-corrected chi connectivity index (χ4v) is 1.85. The quantitative estimate of drug-likeness (QED) is 0.379. The Morgan fingerprint density at radius 3 is 2.29 bits per heavy atom. The van der Waals surface area contributed by atoms with E-state index in [1.807, 2.05) is 4.90 Å². The third-order valence-electron chi connectivity index (χ3n) is 3.22. The van der Waals surface area contributed by atoms with E-state index in [1.54, 1.807) is 0 Å². The molecular weight excluding hydrogens is 280 g/mol. The van der Waals surface area contributed by atoms with Crippen LogP contribution in [0.5, 0.6) is 0 Å². The van der Waals surface area contributed by atoms with Gasteiger partial charge in [0.15, 0.2) is 0 Å². The van der Waals surface area contributed by atoms with Gasteiger partial charge in [-0.3, -0.25) is 0 Å². The first-order valence-electron chi connectivity index (χ1n) is 6.57. The molecule has 0 radical (unpaired) electrons. The van der Waals surface area contributed by atoms with Crippen LogP contribution in [0.2, 0.25) is 0 Å². The summed E-state index contributed by atoms with van der Waals surface area (Å²) < 4.78 is 5.26. The van der Waals surface area contributed by atoms with Gasteiger partial charge in [0.2, 0.25) is 17.8 Å². The van der Waals surface area contributed by atoms with Crippen LogP contribution in [0, 0.1) is 0 Å². The molecule has 1 aromatic rings. The molecule has 118 valence electrons. The van der Waals surface area contributed by atoms with Crippen molar-refractivity contribution in [1.82, 2.24) is 15.0 Å². The van der Waals surface area contributed by atoms with Gasteiger partial charge in [0, 0.05) is 13.1 Å². The average molecular weight is 300 g/mol. The number of nitrogen functional groups attached to an aromatic ring is 1. The first-order valence-corrected chi connectivity index (χ1v) is 6.57. The van der Waals surface area contributed by atoms with Crippen LogP contribution in [0.4, 0.5) is 17.8 Å². The lowest BCUT2D eigenvalue weighted by atomic mass is 10.0. The summed E-state index contributed by atoms with van der Waals surface area (Å²) in [5.74, 6) is 0.480. The number of aliphatic hydroxyl groups is 3. The van der Waals surface area contributed by atoms with Gasteiger partial charge in [-0.25, -0.2) is 0 Å². The number of anilines is 3. The molecule has 0 atom stereocenters. The number of nitrogens with one attached hydrogen (secondary N) is 1. The van der Waals surface area contributed by atoms with E-state index < -0.39 is 25.4 Å². The molecule has 2 rings (SSSR count). The standard InChI is InChI=1S/C11H20N6O4/c12-8-13-9(16-11(5-18,6-19)7-20)15-10(14-8)17-1-3-21-4-2-17/h18-20H,1-7H2,(H3,12,13,14,15,16). The van der Waals surface area contributed by atoms with Gasteiger partial charge >= 0.3 is 0 Å². The van der Waals surface area contributed by atoms with E-state index in [2.05, 4.69) is 20.3 Å². The fraction of sp³-hybridized carbons (Fsp3) is 0.727. The second-order valence-electron chi connectivity index (χ2n) is 4.80. The van der Waals surface area contributed by atoms with Crippen molar-refractivity contribution in [2.24, 2.45) is 0 Å². The number of aromatic nitrogens is 3. The normalized spacial score (nSPS) is 16.0. The van der Waals surface area contributed by atoms with Crippen LogP contribution < -0.4 is 16.0 Å². The highest BCUT2D eigenvalue weighted by Gasteiger charge is 2.29. The molecule has 1 fully saturated rings. The van der Waals surface area contributed by atoms with Gasteiger partial charge in [-0.15, -0.1) is 0 Å². The largest absolute Gasteiger partial charge is 0.394 e. The lowest BCUT2D eigenvalue weighted by Crippen LogP contribution is -2.49. The van der Waals surface area contributed by atoms with E-state index in [0.29, 0.717) is 32.3 Å². The third kappa shape index (κ3) is 3.67. The SMILES string of the molecule is Nc1nc(NC(CO)(CO)CO)nc(N2CCOCC2)n1. The number of ether oxygens (including phenoxy) is 1. The van der Waals surface area contributed by atoms with Gasteiger partial charge in [0.05, 0.1) is 33.0 Å². The highest BCUT2D eigenvalue weighted by Crippen LogP contribution is 2.16. The van der Waals surface area contributed by atoms with Crippen LogP contribution in [0.3, 0.4) is 0 Å². The Kier molecular flexibility index (Phi) is 5.07. The Morgan fingerprint density at radius 2 is 1.71 bits per heavy atom. The molecule has 0 spiro atoms. The van der Waals surface area contributed by atoms with Gasteiger partial charge in [0.25, 0.3) is 0 Å². The predicted octanol–water partition coefficient (Wildman–Crippen LogP) is -2.58. The zero-order valence-corrected chi connectivity index (χ0v) is 11.6. The number of hydrogen-bond donors (Lipinski definition) is 5. The Labute approximate surface area is 121 Å². The van der Waals surface area contributed by atoms with Crippen molar-refractivity contribution >= 4 is 17.8 Å². The predicted molar refractivity (Wildman–Crippen MR) is 74.9 cm³/mol. The molecule has 21 heavy (non-hydrogen) atoms. The molecule has 0 unspecified atom stereocenters. The summed E-state index contributed by atoms with van der Waals surface area (Å²) in [6.07, 6.45) is 0. The molecule has 2 heterocycles. The van der Waals surface area contributed by atoms with Crippen LogP contribution in [0.15, 0.2) is 0 Å². The fourth-order valence-electron chi connectivity index (χ4n) is 1.85. The summed E-state index contributed by atoms with van der Waals surface area (Å²) >= 11 is 0. The second-order valence-corrected chi connectivity index (χ2v) is 4.80. The molecule has 0 aromatic carbocycles. The van der Waals surface area contributed by atoms with Gasteiger partial charge in [-0.1, -0.05) is 0 Å². The number of morpholine rings is 1. The molecule has 1 saturated heterocycles. The molecule has 0 saturated carbocycles. The molecule has 10 nitrogen and oxygen atoms in total. The van der Waals surface area contributed by atoms with Crippen molar-refractivity contribution in [2.75, 3.05) is 62.1 Å². The van der Waals surface area contributed by atoms with E-state index in [-0.39, 0.29) is 11.9 Å². The summed E-state index contributed by atoms with van der Waals surface area (Å²) in [5.41, 5.74) is 4.34. The summed E-state index contributed by atoms with van der Waals surface area (Å²) in [7, 11) is 0. The molecule has 1 aliphatic rings. The Morgan fingerprint density at radius 1 is 1.10 bits per heavy atom. The highest BCUT2D eigenvalue weighted by molar-refractivity contribution is 5.43. The topological polar surface area (TPSA) is 150 Å². The molecule has 0 bridgehead atoms. The number of nitrogens with zero attached hydrogens (tertiary/aromatic N) is 4. The van der Waals surface area contributed by atoms with Crippen molar-refractivity contribution in [3.63, 3.8) is 0 Å². The molecule has 1 aromatic heterocycles. The first-order chi connectivity index (χ1) is 10.1. The minimum absolute atomic E-state index is 0.0108. The van der Waals surface area contributed by atoms with Crippen molar-refractivity contribution in [3.05, 3.63) is 0 Å². The maximum Gasteiger partial charge on any atom is 0.232 e. The number of aliphatic hydroxyl groups excluding tert-OH is 3. The Bertz CT molecular complexity index is 456. The van der Waals surface area contributed by atoms with E-state index in [1.165, 1.54) is 0 Å². The highest BCUT2D eigenvalue weighted by atomic mass is 16.5. The molecule has 1 aliphatic heterocycles. The van der Waals surface area contributed by atoms with Crippen molar-refractivity contribution in [1.29, 1.82) is 0 Å². The summed E-state index contributed by atoms with van der Waals surface area (Å²) in [6.45, 7) is 0.946. The summed E-state index contributed by atoms with van der Waals surface area (Å²) in [6, 6.07) is 0. The summed E-state index contributed by atoms with van der Waals surface area (Å²) in [5, 5.41) is 30.7. The molecular formula is C11H20N6O4. The van der Waals surface area contributed by atoms with Gasteiger partial charge in [-0.2, -0.15) is 15.0 Å². The van der Waals surface area contributed by atoms with Crippen molar-refractivity contribution < 1.29 is 20.1 Å². The zero-order valence-electron chi connectivity index (χ0n) is 11.6. The summed E-state index contributed by atoms with van der Waals surface area (Å²) in [4.78, 5) is 14.1. The lowest BCUT2D eigenvalue weighted by molar-refractivity contribution is 0.0828. The van der Waals surface area contributed by atoms with Crippen LogP contribution in [-0.2, 0) is 4.74 Å². The number of hydrogen-bond acceptors (Lipinski definition) is 10. The van der Waals surface area contributed by atoms with E-state index in [9.17, 15) is 15.3 Å². The van der Waals surface area contributed by atoms with Crippen molar-refractivity contribution in [3.8, 4) is 0 Å². The second kappa shape index (κ2) is 6.80.